The minimum absolute atomic E-state index is 0.150. The standard InChI is InChI=1S/C14H18N4O3/c1-2-3-6-9(15)13(20)16-10-7-4-5-8-11(10)14(21)18-17-12(8)19/h4-5,7,9H,2-3,6,15H2,1H3,(H,16,20)(H,17,19)(H,18,21). The summed E-state index contributed by atoms with van der Waals surface area (Å²) in [6, 6.07) is 4.06. The highest BCUT2D eigenvalue weighted by Crippen LogP contribution is 2.17. The van der Waals surface area contributed by atoms with Crippen LogP contribution < -0.4 is 22.2 Å². The predicted octanol–water partition coefficient (Wildman–Crippen LogP) is 0.672. The Hall–Kier alpha value is -2.41. The first-order valence-corrected chi connectivity index (χ1v) is 6.84. The van der Waals surface area contributed by atoms with Crippen molar-refractivity contribution >= 4 is 22.4 Å². The van der Waals surface area contributed by atoms with Crippen molar-refractivity contribution in [2.24, 2.45) is 5.73 Å². The molecule has 2 rings (SSSR count). The molecule has 0 fully saturated rings. The number of carbonyl (C=O) groups is 1. The van der Waals surface area contributed by atoms with Gasteiger partial charge >= 0.3 is 0 Å². The Labute approximate surface area is 120 Å². The van der Waals surface area contributed by atoms with E-state index < -0.39 is 17.2 Å². The van der Waals surface area contributed by atoms with E-state index in [0.717, 1.165) is 12.8 Å². The summed E-state index contributed by atoms with van der Waals surface area (Å²) in [5.74, 6) is -0.365. The number of carbonyl (C=O) groups excluding carboxylic acids is 1. The highest BCUT2D eigenvalue weighted by atomic mass is 16.2. The number of rotatable bonds is 5. The molecule has 0 aliphatic rings. The second-order valence-electron chi connectivity index (χ2n) is 4.87. The first-order valence-electron chi connectivity index (χ1n) is 6.84. The van der Waals surface area contributed by atoms with E-state index in [-0.39, 0.29) is 22.4 Å². The smallest absolute Gasteiger partial charge is 0.272 e. The Morgan fingerprint density at radius 2 is 2.00 bits per heavy atom. The highest BCUT2D eigenvalue weighted by Gasteiger charge is 2.15. The van der Waals surface area contributed by atoms with E-state index in [9.17, 15) is 14.4 Å². The molecule has 7 heteroatoms. The van der Waals surface area contributed by atoms with E-state index in [0.29, 0.717) is 6.42 Å². The molecule has 112 valence electrons. The Kier molecular flexibility index (Phi) is 4.54. The summed E-state index contributed by atoms with van der Waals surface area (Å²) in [4.78, 5) is 35.6. The zero-order valence-electron chi connectivity index (χ0n) is 11.7. The van der Waals surface area contributed by atoms with Crippen molar-refractivity contribution in [3.05, 3.63) is 38.9 Å². The maximum absolute atomic E-state index is 12.0. The molecule has 21 heavy (non-hydrogen) atoms. The zero-order valence-corrected chi connectivity index (χ0v) is 11.7. The number of unbranched alkanes of at least 4 members (excludes halogenated alkanes) is 1. The third-order valence-electron chi connectivity index (χ3n) is 3.29. The summed E-state index contributed by atoms with van der Waals surface area (Å²) < 4.78 is 0. The fraction of sp³-hybridized carbons (Fsp3) is 0.357. The monoisotopic (exact) mass is 290 g/mol. The highest BCUT2D eigenvalue weighted by molar-refractivity contribution is 6.03. The normalized spacial score (nSPS) is 12.3. The van der Waals surface area contributed by atoms with Crippen molar-refractivity contribution in [2.75, 3.05) is 5.32 Å². The van der Waals surface area contributed by atoms with E-state index in [4.69, 9.17) is 5.73 Å². The average Bonchev–Trinajstić information content (AvgIpc) is 2.48. The van der Waals surface area contributed by atoms with Crippen LogP contribution in [0.2, 0.25) is 0 Å². The summed E-state index contributed by atoms with van der Waals surface area (Å²) in [6.07, 6.45) is 2.37. The van der Waals surface area contributed by atoms with Crippen LogP contribution >= 0.6 is 0 Å². The number of nitrogens with two attached hydrogens (primary N) is 1. The number of aromatic nitrogens is 2. The minimum atomic E-state index is -0.638. The summed E-state index contributed by atoms with van der Waals surface area (Å²) in [5.41, 5.74) is 5.20. The molecule has 0 saturated carbocycles. The fourth-order valence-electron chi connectivity index (χ4n) is 2.11. The third kappa shape index (κ3) is 3.19. The molecule has 1 heterocycles. The van der Waals surface area contributed by atoms with Gasteiger partial charge in [0, 0.05) is 0 Å². The Balaban J connectivity index is 2.35. The molecule has 1 aromatic carbocycles. The molecular formula is C14H18N4O3. The molecular weight excluding hydrogens is 272 g/mol. The van der Waals surface area contributed by atoms with Crippen molar-refractivity contribution in [1.29, 1.82) is 0 Å². The Bertz CT molecular complexity index is 763. The molecule has 0 aliphatic heterocycles. The molecule has 2 aromatic rings. The number of benzene rings is 1. The largest absolute Gasteiger partial charge is 0.324 e. The fourth-order valence-corrected chi connectivity index (χ4v) is 2.11. The van der Waals surface area contributed by atoms with Crippen molar-refractivity contribution in [2.45, 2.75) is 32.2 Å². The molecule has 0 bridgehead atoms. The van der Waals surface area contributed by atoms with E-state index in [1.54, 1.807) is 12.1 Å². The predicted molar refractivity (Wildman–Crippen MR) is 81.3 cm³/mol. The second kappa shape index (κ2) is 6.36. The SMILES string of the molecule is CCCCC(N)C(=O)Nc1cccc2c(=O)[nH][nH]c(=O)c12. The van der Waals surface area contributed by atoms with Crippen molar-refractivity contribution in [3.63, 3.8) is 0 Å². The molecule has 1 amide bonds. The number of aromatic amines is 2. The van der Waals surface area contributed by atoms with Gasteiger partial charge in [0.2, 0.25) is 5.91 Å². The van der Waals surface area contributed by atoms with Crippen molar-refractivity contribution < 1.29 is 4.79 Å². The van der Waals surface area contributed by atoms with E-state index in [1.165, 1.54) is 6.07 Å². The lowest BCUT2D eigenvalue weighted by Crippen LogP contribution is -2.36. The number of nitrogens with one attached hydrogen (secondary N) is 3. The number of amides is 1. The molecule has 0 spiro atoms. The average molecular weight is 290 g/mol. The zero-order chi connectivity index (χ0) is 15.4. The topological polar surface area (TPSA) is 121 Å². The number of hydrogen-bond donors (Lipinski definition) is 4. The molecule has 1 aromatic heterocycles. The first kappa shape index (κ1) is 15.0. The van der Waals surface area contributed by atoms with Gasteiger partial charge in [-0.3, -0.25) is 24.6 Å². The lowest BCUT2D eigenvalue weighted by atomic mass is 10.1. The van der Waals surface area contributed by atoms with Crippen LogP contribution in [0.3, 0.4) is 0 Å². The Morgan fingerprint density at radius 1 is 1.29 bits per heavy atom. The van der Waals surface area contributed by atoms with E-state index >= 15 is 0 Å². The molecule has 5 N–H and O–H groups in total. The summed E-state index contributed by atoms with van der Waals surface area (Å²) in [6.45, 7) is 2.02. The molecule has 7 nitrogen and oxygen atoms in total. The first-order chi connectivity index (χ1) is 10.0. The number of anilines is 1. The van der Waals surface area contributed by atoms with Crippen LogP contribution in [0.15, 0.2) is 27.8 Å². The lowest BCUT2D eigenvalue weighted by Gasteiger charge is -2.12. The lowest BCUT2D eigenvalue weighted by molar-refractivity contribution is -0.117. The van der Waals surface area contributed by atoms with Crippen LogP contribution in [0, 0.1) is 0 Å². The van der Waals surface area contributed by atoms with Gasteiger partial charge < -0.3 is 11.1 Å². The second-order valence-corrected chi connectivity index (χ2v) is 4.87. The number of H-pyrrole nitrogens is 2. The quantitative estimate of drug-likeness (QED) is 0.646. The van der Waals surface area contributed by atoms with E-state index in [2.05, 4.69) is 15.5 Å². The minimum Gasteiger partial charge on any atom is -0.324 e. The number of hydrogen-bond acceptors (Lipinski definition) is 4. The maximum Gasteiger partial charge on any atom is 0.272 e. The van der Waals surface area contributed by atoms with Crippen LogP contribution in [0.4, 0.5) is 5.69 Å². The number of fused-ring (bicyclic) bond motifs is 1. The van der Waals surface area contributed by atoms with Crippen LogP contribution in [-0.2, 0) is 4.79 Å². The third-order valence-corrected chi connectivity index (χ3v) is 3.29. The Morgan fingerprint density at radius 3 is 2.71 bits per heavy atom. The van der Waals surface area contributed by atoms with Gasteiger partial charge in [0.25, 0.3) is 11.1 Å². The molecule has 1 atom stereocenters. The molecule has 0 saturated heterocycles. The maximum atomic E-state index is 12.0. The van der Waals surface area contributed by atoms with Gasteiger partial charge in [0.1, 0.15) is 0 Å². The van der Waals surface area contributed by atoms with Gasteiger partial charge in [-0.25, -0.2) is 0 Å². The molecule has 0 aliphatic carbocycles. The van der Waals surface area contributed by atoms with Crippen LogP contribution in [0.25, 0.3) is 10.8 Å². The van der Waals surface area contributed by atoms with Gasteiger partial charge in [0.05, 0.1) is 22.5 Å². The van der Waals surface area contributed by atoms with Gasteiger partial charge in [-0.05, 0) is 18.6 Å². The van der Waals surface area contributed by atoms with Gasteiger partial charge in [-0.1, -0.05) is 25.8 Å². The van der Waals surface area contributed by atoms with Crippen LogP contribution in [0.1, 0.15) is 26.2 Å². The summed E-state index contributed by atoms with van der Waals surface area (Å²) in [7, 11) is 0. The van der Waals surface area contributed by atoms with E-state index in [1.807, 2.05) is 6.92 Å². The van der Waals surface area contributed by atoms with Gasteiger partial charge in [-0.2, -0.15) is 0 Å². The molecule has 0 radical (unpaired) electrons. The van der Waals surface area contributed by atoms with Crippen molar-refractivity contribution in [1.82, 2.24) is 10.2 Å². The summed E-state index contributed by atoms with van der Waals surface area (Å²) in [5, 5.41) is 7.48. The van der Waals surface area contributed by atoms with Gasteiger partial charge in [-0.15, -0.1) is 0 Å². The summed E-state index contributed by atoms with van der Waals surface area (Å²) >= 11 is 0. The van der Waals surface area contributed by atoms with Crippen LogP contribution in [0.5, 0.6) is 0 Å². The van der Waals surface area contributed by atoms with Crippen LogP contribution in [-0.4, -0.2) is 22.1 Å². The van der Waals surface area contributed by atoms with Crippen molar-refractivity contribution in [3.8, 4) is 0 Å². The molecule has 1 unspecified atom stereocenters. The van der Waals surface area contributed by atoms with Gasteiger partial charge in [0.15, 0.2) is 0 Å².